The number of hydrogen-bond donors (Lipinski definition) is 2. The molecule has 0 amide bonds. The molecule has 0 aromatic carbocycles. The molecule has 1 aliphatic carbocycles. The van der Waals surface area contributed by atoms with Crippen molar-refractivity contribution in [3.8, 4) is 0 Å². The number of piperidine rings is 1. The van der Waals surface area contributed by atoms with Crippen molar-refractivity contribution in [2.24, 2.45) is 5.92 Å². The van der Waals surface area contributed by atoms with E-state index in [1.807, 2.05) is 12.3 Å². The van der Waals surface area contributed by atoms with Crippen LogP contribution in [0.2, 0.25) is 0 Å². The smallest absolute Gasteiger partial charge is 0.171 e. The van der Waals surface area contributed by atoms with E-state index in [0.29, 0.717) is 5.92 Å². The molecule has 5 rings (SSSR count). The Bertz CT molecular complexity index is 1080. The summed E-state index contributed by atoms with van der Waals surface area (Å²) in [6.45, 7) is 1.61. The van der Waals surface area contributed by atoms with Crippen LogP contribution in [-0.4, -0.2) is 65.5 Å². The monoisotopic (exact) mass is 443 g/mol. The summed E-state index contributed by atoms with van der Waals surface area (Å²) in [4.78, 5) is 11.0. The van der Waals surface area contributed by atoms with Gasteiger partial charge in [0.1, 0.15) is 5.37 Å². The Morgan fingerprint density at radius 1 is 1.23 bits per heavy atom. The van der Waals surface area contributed by atoms with Gasteiger partial charge in [-0.25, -0.2) is 14.2 Å². The van der Waals surface area contributed by atoms with Crippen molar-refractivity contribution in [3.05, 3.63) is 30.2 Å². The number of nitrogens with one attached hydrogen (secondary N) is 1. The van der Waals surface area contributed by atoms with Crippen molar-refractivity contribution in [3.63, 3.8) is 0 Å². The van der Waals surface area contributed by atoms with Crippen molar-refractivity contribution in [1.82, 2.24) is 25.1 Å². The molecule has 0 spiro atoms. The van der Waals surface area contributed by atoms with Gasteiger partial charge in [-0.15, -0.1) is 0 Å². The highest BCUT2D eigenvalue weighted by molar-refractivity contribution is 7.79. The van der Waals surface area contributed by atoms with Gasteiger partial charge in [-0.1, -0.05) is 0 Å². The molecular weight excluding hydrogens is 414 g/mol. The van der Waals surface area contributed by atoms with Gasteiger partial charge in [-0.3, -0.25) is 10.00 Å². The number of pyridine rings is 1. The first-order chi connectivity index (χ1) is 15.2. The molecule has 3 aromatic heterocycles. The summed E-state index contributed by atoms with van der Waals surface area (Å²) in [7, 11) is 1.73. The molecule has 166 valence electrons. The predicted octanol–water partition coefficient (Wildman–Crippen LogP) is 3.44. The lowest BCUT2D eigenvalue weighted by Crippen LogP contribution is -2.50. The Labute approximate surface area is 184 Å². The number of ether oxygens (including phenoxy) is 1. The molecule has 2 fully saturated rings. The molecule has 31 heavy (non-hydrogen) atoms. The molecule has 2 N–H and O–H groups in total. The third-order valence-corrected chi connectivity index (χ3v) is 8.23. The molecule has 1 saturated heterocycles. The molecule has 9 heteroatoms. The fourth-order valence-electron chi connectivity index (χ4n) is 5.60. The van der Waals surface area contributed by atoms with Gasteiger partial charge in [-0.2, -0.15) is 5.10 Å². The summed E-state index contributed by atoms with van der Waals surface area (Å²) in [5.41, 5.74) is 2.91. The van der Waals surface area contributed by atoms with Crippen molar-refractivity contribution in [2.75, 3.05) is 20.2 Å². The van der Waals surface area contributed by atoms with Gasteiger partial charge in [0.05, 0.1) is 24.0 Å². The predicted molar refractivity (Wildman–Crippen MR) is 120 cm³/mol. The highest BCUT2D eigenvalue weighted by atomic mass is 32.2. The zero-order chi connectivity index (χ0) is 21.4. The molecule has 0 radical (unpaired) electrons. The molecule has 2 aliphatic rings. The quantitative estimate of drug-likeness (QED) is 0.582. The van der Waals surface area contributed by atoms with Crippen LogP contribution in [-0.2, 0) is 15.8 Å². The minimum Gasteiger partial charge on any atom is -0.380 e. The number of methoxy groups -OCH3 is 1. The largest absolute Gasteiger partial charge is 0.380 e. The van der Waals surface area contributed by atoms with E-state index < -0.39 is 11.1 Å². The first-order valence-corrected chi connectivity index (χ1v) is 12.3. The molecule has 3 unspecified atom stereocenters. The second kappa shape index (κ2) is 8.90. The van der Waals surface area contributed by atoms with Crippen LogP contribution < -0.4 is 0 Å². The minimum absolute atomic E-state index is 0.156. The van der Waals surface area contributed by atoms with Crippen molar-refractivity contribution in [1.29, 1.82) is 0 Å². The maximum Gasteiger partial charge on any atom is 0.171 e. The summed E-state index contributed by atoms with van der Waals surface area (Å²) < 4.78 is 28.0. The van der Waals surface area contributed by atoms with E-state index in [2.05, 4.69) is 25.1 Å². The average Bonchev–Trinajstić information content (AvgIpc) is 3.28. The number of nitrogens with zero attached hydrogens (tertiary/aromatic N) is 4. The Morgan fingerprint density at radius 3 is 2.84 bits per heavy atom. The first-order valence-electron chi connectivity index (χ1n) is 11.1. The van der Waals surface area contributed by atoms with Crippen LogP contribution in [0.4, 0.5) is 0 Å². The highest BCUT2D eigenvalue weighted by Gasteiger charge is 2.37. The van der Waals surface area contributed by atoms with Gasteiger partial charge >= 0.3 is 0 Å². The number of hydrogen-bond acceptors (Lipinski definition) is 6. The van der Waals surface area contributed by atoms with E-state index in [4.69, 9.17) is 4.74 Å². The fourth-order valence-corrected chi connectivity index (χ4v) is 6.64. The third kappa shape index (κ3) is 4.00. The van der Waals surface area contributed by atoms with Crippen LogP contribution in [0.25, 0.3) is 21.9 Å². The van der Waals surface area contributed by atoms with E-state index in [1.54, 1.807) is 19.5 Å². The third-order valence-electron chi connectivity index (χ3n) is 7.14. The molecule has 1 aliphatic heterocycles. The summed E-state index contributed by atoms with van der Waals surface area (Å²) >= 11 is -1.87. The molecule has 1 saturated carbocycles. The van der Waals surface area contributed by atoms with Gasteiger partial charge in [-0.05, 0) is 68.5 Å². The number of fused-ring (bicyclic) bond motifs is 3. The van der Waals surface area contributed by atoms with Crippen LogP contribution in [0.1, 0.15) is 50.0 Å². The number of likely N-dealkylation sites (tertiary alicyclic amines) is 1. The first kappa shape index (κ1) is 20.9. The molecule has 3 atom stereocenters. The number of rotatable bonds is 5. The number of aromatic amines is 1. The van der Waals surface area contributed by atoms with Gasteiger partial charge in [0, 0.05) is 30.6 Å². The fraction of sp³-hybridized carbons (Fsp3) is 0.591. The summed E-state index contributed by atoms with van der Waals surface area (Å²) in [5, 5.41) is 9.33. The standard InChI is InChI=1S/C22H29N5O3S/c1-30-16-3-2-10-27(13-16)22(31(28)29)15-6-4-14(5-7-15)18-11-25-26-19-12-24-21-17(20(18)19)8-9-23-21/h8-9,11-12,14-16,22,26H,2-7,10,13H2,1H3,(H,28,29). The van der Waals surface area contributed by atoms with Crippen molar-refractivity contribution in [2.45, 2.75) is 55.9 Å². The maximum absolute atomic E-state index is 12.3. The minimum atomic E-state index is -1.87. The molecule has 0 bridgehead atoms. The van der Waals surface area contributed by atoms with Crippen LogP contribution >= 0.6 is 0 Å². The molecule has 8 nitrogen and oxygen atoms in total. The Balaban J connectivity index is 1.36. The lowest BCUT2D eigenvalue weighted by molar-refractivity contribution is 0.0148. The SMILES string of the molecule is COC1CCCN(C(C2CCC(c3cn[nH]c4cnc5nccc5c34)CC2)S(=O)O)C1. The van der Waals surface area contributed by atoms with Crippen molar-refractivity contribution >= 4 is 33.0 Å². The lowest BCUT2D eigenvalue weighted by atomic mass is 9.77. The highest BCUT2D eigenvalue weighted by Crippen LogP contribution is 2.41. The summed E-state index contributed by atoms with van der Waals surface area (Å²) in [6.07, 6.45) is 11.6. The van der Waals surface area contributed by atoms with Gasteiger partial charge < -0.3 is 9.29 Å². The summed E-state index contributed by atoms with van der Waals surface area (Å²) in [5.74, 6) is 0.594. The second-order valence-corrected chi connectivity index (χ2v) is 9.86. The molecule has 3 aromatic rings. The van der Waals surface area contributed by atoms with Gasteiger partial charge in [0.25, 0.3) is 0 Å². The van der Waals surface area contributed by atoms with Crippen LogP contribution in [0, 0.1) is 5.92 Å². The number of H-pyrrole nitrogens is 1. The van der Waals surface area contributed by atoms with E-state index in [-0.39, 0.29) is 17.4 Å². The van der Waals surface area contributed by atoms with Gasteiger partial charge in [0.2, 0.25) is 0 Å². The average molecular weight is 444 g/mol. The van der Waals surface area contributed by atoms with Crippen molar-refractivity contribution < 1.29 is 13.5 Å². The van der Waals surface area contributed by atoms with Crippen LogP contribution in [0.3, 0.4) is 0 Å². The van der Waals surface area contributed by atoms with E-state index in [0.717, 1.165) is 73.6 Å². The van der Waals surface area contributed by atoms with Gasteiger partial charge in [0.15, 0.2) is 16.7 Å². The van der Waals surface area contributed by atoms with E-state index in [1.165, 1.54) is 5.56 Å². The Kier molecular flexibility index (Phi) is 6.01. The maximum atomic E-state index is 12.3. The second-order valence-electron chi connectivity index (χ2n) is 8.83. The molecular formula is C22H29N5O3S. The van der Waals surface area contributed by atoms with E-state index >= 15 is 0 Å². The number of aromatic nitrogens is 4. The molecule has 4 heterocycles. The van der Waals surface area contributed by atoms with Crippen LogP contribution in [0.5, 0.6) is 0 Å². The zero-order valence-corrected chi connectivity index (χ0v) is 18.6. The van der Waals surface area contributed by atoms with E-state index in [9.17, 15) is 8.76 Å². The lowest BCUT2D eigenvalue weighted by Gasteiger charge is -2.41. The Morgan fingerprint density at radius 2 is 2.06 bits per heavy atom. The normalized spacial score (nSPS) is 27.5. The summed E-state index contributed by atoms with van der Waals surface area (Å²) in [6, 6.07) is 2.02. The van der Waals surface area contributed by atoms with Crippen LogP contribution in [0.15, 0.2) is 24.7 Å². The topological polar surface area (TPSA) is 104 Å². The Hall–Kier alpha value is -1.94. The zero-order valence-electron chi connectivity index (χ0n) is 17.7.